The van der Waals surface area contributed by atoms with Crippen LogP contribution < -0.4 is 0 Å². The lowest BCUT2D eigenvalue weighted by Gasteiger charge is -2.34. The van der Waals surface area contributed by atoms with Crippen LogP contribution in [0.4, 0.5) is 13.2 Å². The minimum absolute atomic E-state index is 0.0326. The van der Waals surface area contributed by atoms with E-state index in [4.69, 9.17) is 0 Å². The molecule has 1 aliphatic heterocycles. The number of piperazine rings is 1. The van der Waals surface area contributed by atoms with Crippen LogP contribution in [0.2, 0.25) is 0 Å². The SMILES string of the molecule is O=C(c1[c]cccc1)N1CCN(Cc2ccc(C(F)(F)F)cc2)CC1. The van der Waals surface area contributed by atoms with Crippen molar-refractivity contribution in [2.24, 2.45) is 0 Å². The maximum absolute atomic E-state index is 12.6. The minimum atomic E-state index is -4.31. The number of carbonyl (C=O) groups excluding carboxylic acids is 1. The molecule has 1 heterocycles. The van der Waals surface area contributed by atoms with Crippen molar-refractivity contribution in [3.63, 3.8) is 0 Å². The third-order valence-electron chi connectivity index (χ3n) is 4.29. The van der Waals surface area contributed by atoms with E-state index >= 15 is 0 Å². The third-order valence-corrected chi connectivity index (χ3v) is 4.29. The van der Waals surface area contributed by atoms with Crippen LogP contribution >= 0.6 is 0 Å². The van der Waals surface area contributed by atoms with Crippen molar-refractivity contribution in [2.75, 3.05) is 26.2 Å². The number of alkyl halides is 3. The molecule has 1 amide bonds. The number of hydrogen-bond acceptors (Lipinski definition) is 2. The van der Waals surface area contributed by atoms with Gasteiger partial charge in [-0.05, 0) is 29.8 Å². The first-order chi connectivity index (χ1) is 11.9. The predicted octanol–water partition coefficient (Wildman–Crippen LogP) is 3.46. The lowest BCUT2D eigenvalue weighted by Crippen LogP contribution is -2.48. The fourth-order valence-corrected chi connectivity index (χ4v) is 2.86. The van der Waals surface area contributed by atoms with Crippen molar-refractivity contribution in [1.29, 1.82) is 0 Å². The Morgan fingerprint density at radius 3 is 2.24 bits per heavy atom. The molecule has 0 N–H and O–H groups in total. The second kappa shape index (κ2) is 7.27. The largest absolute Gasteiger partial charge is 0.416 e. The second-order valence-corrected chi connectivity index (χ2v) is 6.04. The summed E-state index contributed by atoms with van der Waals surface area (Å²) in [5, 5.41) is 0. The van der Waals surface area contributed by atoms with E-state index in [-0.39, 0.29) is 5.91 Å². The van der Waals surface area contributed by atoms with Crippen LogP contribution in [-0.4, -0.2) is 41.9 Å². The first kappa shape index (κ1) is 17.5. The van der Waals surface area contributed by atoms with E-state index < -0.39 is 11.7 Å². The highest BCUT2D eigenvalue weighted by Crippen LogP contribution is 2.29. The monoisotopic (exact) mass is 347 g/mol. The summed E-state index contributed by atoms with van der Waals surface area (Å²) in [6.07, 6.45) is -4.31. The number of halogens is 3. The average Bonchev–Trinajstić information content (AvgIpc) is 2.62. The van der Waals surface area contributed by atoms with Crippen molar-refractivity contribution in [1.82, 2.24) is 9.80 Å². The quantitative estimate of drug-likeness (QED) is 0.849. The van der Waals surface area contributed by atoms with Gasteiger partial charge >= 0.3 is 6.18 Å². The van der Waals surface area contributed by atoms with Crippen LogP contribution in [0.1, 0.15) is 21.5 Å². The zero-order chi connectivity index (χ0) is 17.9. The summed E-state index contributed by atoms with van der Waals surface area (Å²) >= 11 is 0. The smallest absolute Gasteiger partial charge is 0.336 e. The van der Waals surface area contributed by atoms with Gasteiger partial charge in [0.25, 0.3) is 5.91 Å². The van der Waals surface area contributed by atoms with Gasteiger partial charge in [-0.1, -0.05) is 30.3 Å². The van der Waals surface area contributed by atoms with Crippen LogP contribution in [-0.2, 0) is 12.7 Å². The molecule has 0 bridgehead atoms. The van der Waals surface area contributed by atoms with E-state index in [2.05, 4.69) is 11.0 Å². The molecule has 3 nitrogen and oxygen atoms in total. The summed E-state index contributed by atoms with van der Waals surface area (Å²) in [6, 6.07) is 15.3. The van der Waals surface area contributed by atoms with Crippen molar-refractivity contribution in [2.45, 2.75) is 12.7 Å². The molecular weight excluding hydrogens is 329 g/mol. The summed E-state index contributed by atoms with van der Waals surface area (Å²) < 4.78 is 37.8. The Bertz CT molecular complexity index is 706. The van der Waals surface area contributed by atoms with Gasteiger partial charge in [-0.25, -0.2) is 0 Å². The van der Waals surface area contributed by atoms with Crippen molar-refractivity contribution < 1.29 is 18.0 Å². The van der Waals surface area contributed by atoms with E-state index in [1.165, 1.54) is 12.1 Å². The molecule has 131 valence electrons. The van der Waals surface area contributed by atoms with Crippen LogP contribution in [0.15, 0.2) is 48.5 Å². The Morgan fingerprint density at radius 2 is 1.68 bits per heavy atom. The van der Waals surface area contributed by atoms with Gasteiger partial charge < -0.3 is 4.90 Å². The third kappa shape index (κ3) is 4.39. The molecule has 0 unspecified atom stereocenters. The highest BCUT2D eigenvalue weighted by Gasteiger charge is 2.30. The molecule has 0 saturated carbocycles. The topological polar surface area (TPSA) is 23.6 Å². The number of hydrogen-bond donors (Lipinski definition) is 0. The molecule has 1 radical (unpaired) electrons. The summed E-state index contributed by atoms with van der Waals surface area (Å²) in [5.74, 6) is -0.0326. The van der Waals surface area contributed by atoms with Crippen molar-refractivity contribution in [3.8, 4) is 0 Å². The Labute approximate surface area is 144 Å². The maximum Gasteiger partial charge on any atom is 0.416 e. The van der Waals surface area contributed by atoms with Gasteiger partial charge in [-0.15, -0.1) is 0 Å². The lowest BCUT2D eigenvalue weighted by molar-refractivity contribution is -0.137. The van der Waals surface area contributed by atoms with Crippen molar-refractivity contribution in [3.05, 3.63) is 71.3 Å². The fourth-order valence-electron chi connectivity index (χ4n) is 2.86. The first-order valence-electron chi connectivity index (χ1n) is 8.08. The zero-order valence-corrected chi connectivity index (χ0v) is 13.6. The second-order valence-electron chi connectivity index (χ2n) is 6.04. The lowest BCUT2D eigenvalue weighted by atomic mass is 10.1. The molecule has 0 atom stereocenters. The summed E-state index contributed by atoms with van der Waals surface area (Å²) in [5.41, 5.74) is 0.758. The van der Waals surface area contributed by atoms with Gasteiger partial charge in [-0.3, -0.25) is 9.69 Å². The number of rotatable bonds is 3. The molecule has 0 spiro atoms. The number of carbonyl (C=O) groups is 1. The van der Waals surface area contributed by atoms with Crippen LogP contribution in [0.5, 0.6) is 0 Å². The Morgan fingerprint density at radius 1 is 1.00 bits per heavy atom. The Hall–Kier alpha value is -2.34. The maximum atomic E-state index is 12.6. The number of amides is 1. The number of benzene rings is 2. The highest BCUT2D eigenvalue weighted by atomic mass is 19.4. The summed E-state index contributed by atoms with van der Waals surface area (Å²) in [4.78, 5) is 16.3. The molecule has 2 aromatic rings. The van der Waals surface area contributed by atoms with Gasteiger partial charge in [-0.2, -0.15) is 13.2 Å². The molecule has 0 aliphatic carbocycles. The average molecular weight is 347 g/mol. The zero-order valence-electron chi connectivity index (χ0n) is 13.6. The van der Waals surface area contributed by atoms with Crippen LogP contribution in [0, 0.1) is 6.07 Å². The molecule has 1 saturated heterocycles. The Balaban J connectivity index is 1.53. The predicted molar refractivity (Wildman–Crippen MR) is 87.9 cm³/mol. The minimum Gasteiger partial charge on any atom is -0.336 e. The van der Waals surface area contributed by atoms with Gasteiger partial charge in [0, 0.05) is 38.3 Å². The molecule has 0 aromatic heterocycles. The highest BCUT2D eigenvalue weighted by molar-refractivity contribution is 5.93. The van der Waals surface area contributed by atoms with Crippen LogP contribution in [0.25, 0.3) is 0 Å². The van der Waals surface area contributed by atoms with Gasteiger partial charge in [0.2, 0.25) is 0 Å². The first-order valence-corrected chi connectivity index (χ1v) is 8.08. The molecule has 3 rings (SSSR count). The molecule has 6 heteroatoms. The van der Waals surface area contributed by atoms with Gasteiger partial charge in [0.1, 0.15) is 0 Å². The molecule has 1 fully saturated rings. The van der Waals surface area contributed by atoms with Crippen molar-refractivity contribution >= 4 is 5.91 Å². The van der Waals surface area contributed by atoms with Crippen LogP contribution in [0.3, 0.4) is 0 Å². The standard InChI is InChI=1S/C19H18F3N2O/c20-19(21,22)17-8-6-15(7-9-17)14-23-10-12-24(13-11-23)18(25)16-4-2-1-3-5-16/h1-4,6-9H,10-14H2. The van der Waals surface area contributed by atoms with E-state index in [1.807, 2.05) is 12.1 Å². The van der Waals surface area contributed by atoms with E-state index in [9.17, 15) is 18.0 Å². The van der Waals surface area contributed by atoms with Gasteiger partial charge in [0.15, 0.2) is 0 Å². The molecular formula is C19H18F3N2O. The summed E-state index contributed by atoms with van der Waals surface area (Å²) in [7, 11) is 0. The van der Waals surface area contributed by atoms with E-state index in [1.54, 1.807) is 17.0 Å². The van der Waals surface area contributed by atoms with E-state index in [0.29, 0.717) is 38.3 Å². The molecule has 2 aromatic carbocycles. The normalized spacial score (nSPS) is 16.0. The molecule has 1 aliphatic rings. The molecule has 25 heavy (non-hydrogen) atoms. The fraction of sp³-hybridized carbons (Fsp3) is 0.316. The van der Waals surface area contributed by atoms with Gasteiger partial charge in [0.05, 0.1) is 5.56 Å². The summed E-state index contributed by atoms with van der Waals surface area (Å²) in [6.45, 7) is 3.17. The van der Waals surface area contributed by atoms with E-state index in [0.717, 1.165) is 17.7 Å². The number of nitrogens with zero attached hydrogens (tertiary/aromatic N) is 2. The Kier molecular flexibility index (Phi) is 5.08.